The first-order chi connectivity index (χ1) is 14.9. The van der Waals surface area contributed by atoms with E-state index in [1.54, 1.807) is 12.1 Å². The molecular weight excluding hydrogens is 410 g/mol. The van der Waals surface area contributed by atoms with Gasteiger partial charge in [0, 0.05) is 18.7 Å². The van der Waals surface area contributed by atoms with Crippen LogP contribution < -0.4 is 10.6 Å². The van der Waals surface area contributed by atoms with Gasteiger partial charge >= 0.3 is 0 Å². The number of thioether (sulfide) groups is 1. The summed E-state index contributed by atoms with van der Waals surface area (Å²) in [6.07, 6.45) is 4.67. The van der Waals surface area contributed by atoms with Crippen LogP contribution >= 0.6 is 11.8 Å². The van der Waals surface area contributed by atoms with Gasteiger partial charge in [-0.05, 0) is 36.8 Å². The summed E-state index contributed by atoms with van der Waals surface area (Å²) in [4.78, 5) is 25.1. The summed E-state index contributed by atoms with van der Waals surface area (Å²) >= 11 is 1.37. The fourth-order valence-corrected chi connectivity index (χ4v) is 4.70. The molecular formula is C23H33N5O2S. The highest BCUT2D eigenvalue weighted by molar-refractivity contribution is 7.99. The molecule has 0 spiro atoms. The lowest BCUT2D eigenvalue weighted by atomic mass is 9.86. The normalized spacial score (nSPS) is 19.8. The first-order valence-corrected chi connectivity index (χ1v) is 12.0. The fraction of sp³-hybridized carbons (Fsp3) is 0.565. The highest BCUT2D eigenvalue weighted by Crippen LogP contribution is 2.26. The van der Waals surface area contributed by atoms with Crippen molar-refractivity contribution in [1.82, 2.24) is 25.4 Å². The molecule has 168 valence electrons. The number of carbonyl (C=O) groups excluding carboxylic acids is 2. The summed E-state index contributed by atoms with van der Waals surface area (Å²) in [5.74, 6) is 1.54. The van der Waals surface area contributed by atoms with Crippen molar-refractivity contribution in [3.63, 3.8) is 0 Å². The third-order valence-electron chi connectivity index (χ3n) is 5.93. The van der Waals surface area contributed by atoms with E-state index in [-0.39, 0.29) is 29.8 Å². The fourth-order valence-electron chi connectivity index (χ4n) is 3.98. The Morgan fingerprint density at radius 3 is 2.55 bits per heavy atom. The van der Waals surface area contributed by atoms with Gasteiger partial charge in [0.1, 0.15) is 0 Å². The summed E-state index contributed by atoms with van der Waals surface area (Å²) in [5, 5.41) is 15.5. The number of hydrogen-bond acceptors (Lipinski definition) is 5. The zero-order valence-electron chi connectivity index (χ0n) is 18.8. The van der Waals surface area contributed by atoms with Gasteiger partial charge in [-0.1, -0.05) is 63.6 Å². The van der Waals surface area contributed by atoms with Gasteiger partial charge in [0.05, 0.1) is 11.8 Å². The topological polar surface area (TPSA) is 88.9 Å². The first kappa shape index (κ1) is 23.3. The van der Waals surface area contributed by atoms with Gasteiger partial charge in [0.25, 0.3) is 5.91 Å². The van der Waals surface area contributed by atoms with E-state index in [4.69, 9.17) is 0 Å². The quantitative estimate of drug-likeness (QED) is 0.607. The standard InChI is InChI=1S/C23H33N5O2S/c1-15(2)20(25-22(30)17-11-6-5-7-12-17)21-26-27-23(28(21)4)31-14-19(29)24-18-13-9-8-10-16(18)3/h5-7,11-12,15-16,18,20H,8-10,13-14H2,1-4H3,(H,24,29)(H,25,30)/t16-,18+,20-/m0/s1. The van der Waals surface area contributed by atoms with Gasteiger partial charge in [-0.2, -0.15) is 0 Å². The second-order valence-electron chi connectivity index (χ2n) is 8.69. The summed E-state index contributed by atoms with van der Waals surface area (Å²) in [7, 11) is 1.88. The number of carbonyl (C=O) groups is 2. The molecule has 0 radical (unpaired) electrons. The maximum absolute atomic E-state index is 12.7. The van der Waals surface area contributed by atoms with Crippen molar-refractivity contribution in [2.24, 2.45) is 18.9 Å². The van der Waals surface area contributed by atoms with Crippen molar-refractivity contribution in [3.8, 4) is 0 Å². The Balaban J connectivity index is 1.61. The number of rotatable bonds is 8. The van der Waals surface area contributed by atoms with Crippen LogP contribution in [0.4, 0.5) is 0 Å². The van der Waals surface area contributed by atoms with Crippen molar-refractivity contribution < 1.29 is 9.59 Å². The van der Waals surface area contributed by atoms with Gasteiger partial charge < -0.3 is 15.2 Å². The molecule has 7 nitrogen and oxygen atoms in total. The molecule has 3 atom stereocenters. The highest BCUT2D eigenvalue weighted by Gasteiger charge is 2.26. The van der Waals surface area contributed by atoms with E-state index >= 15 is 0 Å². The molecule has 8 heteroatoms. The third kappa shape index (κ3) is 6.09. The van der Waals surface area contributed by atoms with Crippen LogP contribution in [0, 0.1) is 11.8 Å². The summed E-state index contributed by atoms with van der Waals surface area (Å²) in [6.45, 7) is 6.29. The Hall–Kier alpha value is -2.35. The molecule has 1 fully saturated rings. The van der Waals surface area contributed by atoms with Crippen LogP contribution in [0.5, 0.6) is 0 Å². The minimum atomic E-state index is -0.281. The molecule has 0 unspecified atom stereocenters. The average molecular weight is 444 g/mol. The van der Waals surface area contributed by atoms with Crippen LogP contribution in [0.1, 0.15) is 68.7 Å². The predicted octanol–water partition coefficient (Wildman–Crippen LogP) is 3.73. The minimum absolute atomic E-state index is 0.0334. The number of aromatic nitrogens is 3. The van der Waals surface area contributed by atoms with Crippen molar-refractivity contribution in [3.05, 3.63) is 41.7 Å². The number of benzene rings is 1. The van der Waals surface area contributed by atoms with E-state index in [0.717, 1.165) is 6.42 Å². The summed E-state index contributed by atoms with van der Waals surface area (Å²) in [5.41, 5.74) is 0.610. The smallest absolute Gasteiger partial charge is 0.251 e. The molecule has 0 saturated heterocycles. The third-order valence-corrected chi connectivity index (χ3v) is 6.95. The number of amides is 2. The molecule has 1 heterocycles. The molecule has 1 saturated carbocycles. The van der Waals surface area contributed by atoms with Crippen LogP contribution in [0.15, 0.2) is 35.5 Å². The van der Waals surface area contributed by atoms with E-state index in [2.05, 4.69) is 27.8 Å². The van der Waals surface area contributed by atoms with E-state index in [1.165, 1.54) is 31.0 Å². The molecule has 1 aliphatic rings. The van der Waals surface area contributed by atoms with Gasteiger partial charge in [0.15, 0.2) is 11.0 Å². The van der Waals surface area contributed by atoms with Crippen molar-refractivity contribution in [1.29, 1.82) is 0 Å². The van der Waals surface area contributed by atoms with E-state index in [1.807, 2.05) is 43.7 Å². The van der Waals surface area contributed by atoms with Crippen LogP contribution in [-0.4, -0.2) is 38.4 Å². The molecule has 2 amide bonds. The monoisotopic (exact) mass is 443 g/mol. The molecule has 2 aromatic rings. The SMILES string of the molecule is CC(C)[C@H](NC(=O)c1ccccc1)c1nnc(SCC(=O)N[C@@H]2CCCC[C@@H]2C)n1C. The lowest BCUT2D eigenvalue weighted by molar-refractivity contribution is -0.119. The maximum Gasteiger partial charge on any atom is 0.251 e. The van der Waals surface area contributed by atoms with Crippen molar-refractivity contribution in [2.75, 3.05) is 5.75 Å². The molecule has 3 rings (SSSR count). The zero-order chi connectivity index (χ0) is 22.4. The maximum atomic E-state index is 12.7. The van der Waals surface area contributed by atoms with E-state index in [0.29, 0.717) is 28.2 Å². The Kier molecular flexibility index (Phi) is 8.12. The number of nitrogens with zero attached hydrogens (tertiary/aromatic N) is 3. The number of hydrogen-bond donors (Lipinski definition) is 2. The average Bonchev–Trinajstić information content (AvgIpc) is 3.12. The van der Waals surface area contributed by atoms with Crippen molar-refractivity contribution in [2.45, 2.75) is 63.7 Å². The molecule has 1 aromatic heterocycles. The Morgan fingerprint density at radius 1 is 1.16 bits per heavy atom. The Bertz CT molecular complexity index is 883. The Morgan fingerprint density at radius 2 is 1.87 bits per heavy atom. The lowest BCUT2D eigenvalue weighted by Crippen LogP contribution is -2.41. The predicted molar refractivity (Wildman–Crippen MR) is 123 cm³/mol. The lowest BCUT2D eigenvalue weighted by Gasteiger charge is -2.29. The summed E-state index contributed by atoms with van der Waals surface area (Å²) < 4.78 is 1.87. The van der Waals surface area contributed by atoms with Gasteiger partial charge in [-0.25, -0.2) is 0 Å². The molecule has 1 aliphatic carbocycles. The molecule has 0 aliphatic heterocycles. The van der Waals surface area contributed by atoms with Gasteiger partial charge in [-0.3, -0.25) is 9.59 Å². The largest absolute Gasteiger partial charge is 0.352 e. The molecule has 2 N–H and O–H groups in total. The van der Waals surface area contributed by atoms with Crippen LogP contribution in [0.25, 0.3) is 0 Å². The molecule has 0 bridgehead atoms. The van der Waals surface area contributed by atoms with E-state index in [9.17, 15) is 9.59 Å². The van der Waals surface area contributed by atoms with Gasteiger partial charge in [-0.15, -0.1) is 10.2 Å². The highest BCUT2D eigenvalue weighted by atomic mass is 32.2. The van der Waals surface area contributed by atoms with E-state index < -0.39 is 0 Å². The van der Waals surface area contributed by atoms with Crippen LogP contribution in [-0.2, 0) is 11.8 Å². The van der Waals surface area contributed by atoms with Crippen LogP contribution in [0.3, 0.4) is 0 Å². The second kappa shape index (κ2) is 10.8. The number of nitrogens with one attached hydrogen (secondary N) is 2. The van der Waals surface area contributed by atoms with Crippen LogP contribution in [0.2, 0.25) is 0 Å². The summed E-state index contributed by atoms with van der Waals surface area (Å²) in [6, 6.07) is 9.14. The molecule has 1 aromatic carbocycles. The molecule has 31 heavy (non-hydrogen) atoms. The second-order valence-corrected chi connectivity index (χ2v) is 9.63. The van der Waals surface area contributed by atoms with Gasteiger partial charge in [0.2, 0.25) is 5.91 Å². The minimum Gasteiger partial charge on any atom is -0.352 e. The van der Waals surface area contributed by atoms with Crippen molar-refractivity contribution >= 4 is 23.6 Å². The zero-order valence-corrected chi connectivity index (χ0v) is 19.6. The first-order valence-electron chi connectivity index (χ1n) is 11.0. The Labute approximate surface area is 188 Å².